The van der Waals surface area contributed by atoms with Crippen LogP contribution in [0.5, 0.6) is 11.5 Å². The summed E-state index contributed by atoms with van der Waals surface area (Å²) < 4.78 is 15.9. The highest BCUT2D eigenvalue weighted by molar-refractivity contribution is 5.90. The molecule has 0 saturated heterocycles. The van der Waals surface area contributed by atoms with Crippen LogP contribution < -0.4 is 9.47 Å². The zero-order valence-electron chi connectivity index (χ0n) is 14.7. The van der Waals surface area contributed by atoms with Crippen molar-refractivity contribution < 1.29 is 19.0 Å². The van der Waals surface area contributed by atoms with Crippen molar-refractivity contribution in [2.75, 3.05) is 19.9 Å². The number of rotatable bonds is 7. The normalized spacial score (nSPS) is 12.4. The van der Waals surface area contributed by atoms with Gasteiger partial charge in [0.15, 0.2) is 11.5 Å². The molecule has 0 fully saturated rings. The molecule has 5 nitrogen and oxygen atoms in total. The first-order valence-electron chi connectivity index (χ1n) is 8.56. The van der Waals surface area contributed by atoms with E-state index in [2.05, 4.69) is 30.9 Å². The van der Waals surface area contributed by atoms with Crippen LogP contribution in [0.4, 0.5) is 0 Å². The molecule has 0 atom stereocenters. The molecular formula is C20H23NO4. The van der Waals surface area contributed by atoms with E-state index in [-0.39, 0.29) is 19.4 Å². The van der Waals surface area contributed by atoms with E-state index in [9.17, 15) is 4.79 Å². The summed E-state index contributed by atoms with van der Waals surface area (Å²) in [5.41, 5.74) is 2.69. The van der Waals surface area contributed by atoms with Crippen molar-refractivity contribution in [3.8, 4) is 11.5 Å². The lowest BCUT2D eigenvalue weighted by Gasteiger charge is -2.18. The Labute approximate surface area is 148 Å². The van der Waals surface area contributed by atoms with Gasteiger partial charge < -0.3 is 14.2 Å². The van der Waals surface area contributed by atoms with Crippen molar-refractivity contribution >= 4 is 5.97 Å². The molecule has 132 valence electrons. The molecule has 0 amide bonds. The second-order valence-corrected chi connectivity index (χ2v) is 5.92. The molecule has 1 heterocycles. The summed E-state index contributed by atoms with van der Waals surface area (Å²) in [6, 6.07) is 13.2. The maximum absolute atomic E-state index is 12.2. The largest absolute Gasteiger partial charge is 0.457 e. The van der Waals surface area contributed by atoms with E-state index in [0.29, 0.717) is 17.1 Å². The minimum Gasteiger partial charge on any atom is -0.457 e. The van der Waals surface area contributed by atoms with Crippen LogP contribution in [0.15, 0.2) is 42.5 Å². The van der Waals surface area contributed by atoms with E-state index in [1.165, 1.54) is 5.56 Å². The van der Waals surface area contributed by atoms with Crippen LogP contribution in [0.25, 0.3) is 0 Å². The van der Waals surface area contributed by atoms with E-state index < -0.39 is 0 Å². The van der Waals surface area contributed by atoms with Gasteiger partial charge in [0.1, 0.15) is 6.61 Å². The Hall–Kier alpha value is -2.53. The van der Waals surface area contributed by atoms with E-state index in [0.717, 1.165) is 25.2 Å². The zero-order valence-corrected chi connectivity index (χ0v) is 14.7. The number of ether oxygens (including phenoxy) is 3. The fraction of sp³-hybridized carbons (Fsp3) is 0.350. The van der Waals surface area contributed by atoms with Crippen molar-refractivity contribution in [3.63, 3.8) is 0 Å². The van der Waals surface area contributed by atoms with Gasteiger partial charge in [0.05, 0.1) is 5.56 Å². The molecule has 1 aliphatic heterocycles. The third-order valence-electron chi connectivity index (χ3n) is 4.30. The number of nitrogens with zero attached hydrogens (tertiary/aromatic N) is 1. The van der Waals surface area contributed by atoms with E-state index in [1.54, 1.807) is 18.2 Å². The van der Waals surface area contributed by atoms with Crippen LogP contribution in [0.2, 0.25) is 0 Å². The fourth-order valence-corrected chi connectivity index (χ4v) is 2.70. The molecule has 2 aromatic carbocycles. The maximum atomic E-state index is 12.2. The van der Waals surface area contributed by atoms with Gasteiger partial charge in [-0.15, -0.1) is 0 Å². The van der Waals surface area contributed by atoms with Gasteiger partial charge in [-0.2, -0.15) is 0 Å². The van der Waals surface area contributed by atoms with Gasteiger partial charge in [0, 0.05) is 6.54 Å². The SMILES string of the molecule is CCN(CC)Cc1ccc(COC(=O)c2ccc3c(c2)OCO3)cc1. The van der Waals surface area contributed by atoms with Crippen LogP contribution in [0, 0.1) is 0 Å². The van der Waals surface area contributed by atoms with Gasteiger partial charge in [-0.25, -0.2) is 4.79 Å². The van der Waals surface area contributed by atoms with Crippen LogP contribution >= 0.6 is 0 Å². The van der Waals surface area contributed by atoms with Crippen molar-refractivity contribution in [3.05, 3.63) is 59.2 Å². The van der Waals surface area contributed by atoms with E-state index in [4.69, 9.17) is 14.2 Å². The first-order chi connectivity index (χ1) is 12.2. The highest BCUT2D eigenvalue weighted by Crippen LogP contribution is 2.32. The van der Waals surface area contributed by atoms with Crippen molar-refractivity contribution in [1.82, 2.24) is 4.90 Å². The van der Waals surface area contributed by atoms with Crippen molar-refractivity contribution in [2.45, 2.75) is 27.0 Å². The molecule has 0 radical (unpaired) electrons. The highest BCUT2D eigenvalue weighted by Gasteiger charge is 2.17. The Morgan fingerprint density at radius 2 is 1.68 bits per heavy atom. The molecule has 0 aliphatic carbocycles. The standard InChI is InChI=1S/C20H23NO4/c1-3-21(4-2)12-15-5-7-16(8-6-15)13-23-20(22)17-9-10-18-19(11-17)25-14-24-18/h5-11H,3-4,12-14H2,1-2H3. The second kappa shape index (κ2) is 8.03. The zero-order chi connectivity index (χ0) is 17.6. The number of benzene rings is 2. The average molecular weight is 341 g/mol. The van der Waals surface area contributed by atoms with Crippen LogP contribution in [-0.2, 0) is 17.9 Å². The summed E-state index contributed by atoms with van der Waals surface area (Å²) in [5, 5.41) is 0. The number of fused-ring (bicyclic) bond motifs is 1. The first-order valence-corrected chi connectivity index (χ1v) is 8.56. The lowest BCUT2D eigenvalue weighted by molar-refractivity contribution is 0.0472. The van der Waals surface area contributed by atoms with Crippen molar-refractivity contribution in [2.24, 2.45) is 0 Å². The van der Waals surface area contributed by atoms with E-state index in [1.807, 2.05) is 12.1 Å². The first kappa shape index (κ1) is 17.3. The molecule has 0 saturated carbocycles. The molecule has 3 rings (SSSR count). The third kappa shape index (κ3) is 4.31. The number of hydrogen-bond acceptors (Lipinski definition) is 5. The van der Waals surface area contributed by atoms with Crippen LogP contribution in [0.1, 0.15) is 35.3 Å². The predicted molar refractivity (Wildman–Crippen MR) is 94.8 cm³/mol. The monoisotopic (exact) mass is 341 g/mol. The molecule has 0 N–H and O–H groups in total. The summed E-state index contributed by atoms with van der Waals surface area (Å²) in [6.45, 7) is 7.76. The second-order valence-electron chi connectivity index (χ2n) is 5.92. The van der Waals surface area contributed by atoms with Gasteiger partial charge in [0.25, 0.3) is 0 Å². The molecular weight excluding hydrogens is 318 g/mol. The minimum atomic E-state index is -0.370. The number of carbonyl (C=O) groups is 1. The molecule has 25 heavy (non-hydrogen) atoms. The average Bonchev–Trinajstić information content (AvgIpc) is 3.12. The Morgan fingerprint density at radius 1 is 1.00 bits per heavy atom. The van der Waals surface area contributed by atoms with Crippen LogP contribution in [0.3, 0.4) is 0 Å². The van der Waals surface area contributed by atoms with Crippen LogP contribution in [-0.4, -0.2) is 30.8 Å². The van der Waals surface area contributed by atoms with Gasteiger partial charge in [-0.1, -0.05) is 38.1 Å². The third-order valence-corrected chi connectivity index (χ3v) is 4.30. The number of hydrogen-bond donors (Lipinski definition) is 0. The van der Waals surface area contributed by atoms with Gasteiger partial charge in [-0.3, -0.25) is 4.90 Å². The lowest BCUT2D eigenvalue weighted by Crippen LogP contribution is -2.22. The molecule has 0 bridgehead atoms. The van der Waals surface area contributed by atoms with Gasteiger partial charge >= 0.3 is 5.97 Å². The fourth-order valence-electron chi connectivity index (χ4n) is 2.70. The summed E-state index contributed by atoms with van der Waals surface area (Å²) in [6.07, 6.45) is 0. The Morgan fingerprint density at radius 3 is 2.40 bits per heavy atom. The summed E-state index contributed by atoms with van der Waals surface area (Å²) in [5.74, 6) is 0.862. The number of carbonyl (C=O) groups excluding carboxylic acids is 1. The Balaban J connectivity index is 1.55. The van der Waals surface area contributed by atoms with E-state index >= 15 is 0 Å². The summed E-state index contributed by atoms with van der Waals surface area (Å²) >= 11 is 0. The molecule has 0 spiro atoms. The molecule has 0 aromatic heterocycles. The molecule has 5 heteroatoms. The minimum absolute atomic E-state index is 0.188. The topological polar surface area (TPSA) is 48.0 Å². The Kier molecular flexibility index (Phi) is 5.56. The molecule has 1 aliphatic rings. The summed E-state index contributed by atoms with van der Waals surface area (Å²) in [7, 11) is 0. The molecule has 0 unspecified atom stereocenters. The van der Waals surface area contributed by atoms with Gasteiger partial charge in [-0.05, 0) is 42.4 Å². The highest BCUT2D eigenvalue weighted by atomic mass is 16.7. The summed E-state index contributed by atoms with van der Waals surface area (Å²) in [4.78, 5) is 14.5. The number of esters is 1. The maximum Gasteiger partial charge on any atom is 0.338 e. The van der Waals surface area contributed by atoms with Crippen molar-refractivity contribution in [1.29, 1.82) is 0 Å². The molecule has 2 aromatic rings. The smallest absolute Gasteiger partial charge is 0.338 e. The van der Waals surface area contributed by atoms with Gasteiger partial charge in [0.2, 0.25) is 6.79 Å². The predicted octanol–water partition coefficient (Wildman–Crippen LogP) is 3.61. The quantitative estimate of drug-likeness (QED) is 0.720. The lowest BCUT2D eigenvalue weighted by atomic mass is 10.1. The Bertz CT molecular complexity index is 723.